The lowest BCUT2D eigenvalue weighted by atomic mass is 9.94. The van der Waals surface area contributed by atoms with Crippen LogP contribution in [0, 0.1) is 5.92 Å². The quantitative estimate of drug-likeness (QED) is 0.244. The Kier molecular flexibility index (Phi) is 9.68. The lowest BCUT2D eigenvalue weighted by molar-refractivity contribution is -0.137. The molecule has 1 aromatic carbocycles. The van der Waals surface area contributed by atoms with Crippen molar-refractivity contribution in [2.24, 2.45) is 5.92 Å². The molecule has 1 saturated heterocycles. The summed E-state index contributed by atoms with van der Waals surface area (Å²) in [7, 11) is 0. The predicted octanol–water partition coefficient (Wildman–Crippen LogP) is 4.75. The monoisotopic (exact) mass is 607 g/mol. The Morgan fingerprint density at radius 1 is 1.11 bits per heavy atom. The van der Waals surface area contributed by atoms with Crippen molar-refractivity contribution < 1.29 is 24.2 Å². The maximum Gasteiger partial charge on any atom is 0.410 e. The minimum Gasteiger partial charge on any atom is -0.494 e. The molecule has 0 radical (unpaired) electrons. The van der Waals surface area contributed by atoms with Crippen LogP contribution >= 0.6 is 0 Å². The number of nitrogens with zero attached hydrogens (tertiary/aromatic N) is 7. The summed E-state index contributed by atoms with van der Waals surface area (Å²) in [6.07, 6.45) is 11.0. The van der Waals surface area contributed by atoms with Gasteiger partial charge in [0.1, 0.15) is 23.4 Å². The van der Waals surface area contributed by atoms with E-state index < -0.39 is 11.6 Å². The Bertz CT molecular complexity index is 1400. The van der Waals surface area contributed by atoms with Crippen molar-refractivity contribution in [3.8, 4) is 5.75 Å². The Morgan fingerprint density at radius 2 is 1.89 bits per heavy atom. The molecule has 0 saturated carbocycles. The van der Waals surface area contributed by atoms with Crippen LogP contribution < -0.4 is 25.8 Å². The number of likely N-dealkylation sites (tertiary alicyclic amines) is 1. The highest BCUT2D eigenvalue weighted by Crippen LogP contribution is 2.36. The normalized spacial score (nSPS) is 15.3. The molecule has 3 N–H and O–H groups in total. The predicted molar refractivity (Wildman–Crippen MR) is 164 cm³/mol. The molecular weight excluding hydrogens is 566 g/mol. The number of fused-ring (bicyclic) bond motifs is 1. The van der Waals surface area contributed by atoms with E-state index in [1.54, 1.807) is 22.4 Å². The van der Waals surface area contributed by atoms with Crippen LogP contribution in [0.25, 0.3) is 0 Å². The van der Waals surface area contributed by atoms with Gasteiger partial charge >= 0.3 is 12.1 Å². The van der Waals surface area contributed by atoms with Crippen LogP contribution in [0.1, 0.15) is 59.3 Å². The van der Waals surface area contributed by atoms with Crippen LogP contribution in [0.3, 0.4) is 0 Å². The topological polar surface area (TPSA) is 150 Å². The van der Waals surface area contributed by atoms with Gasteiger partial charge in [-0.2, -0.15) is 10.2 Å². The van der Waals surface area contributed by atoms with E-state index in [1.807, 2.05) is 60.9 Å². The van der Waals surface area contributed by atoms with E-state index in [1.165, 1.54) is 6.33 Å². The minimum absolute atomic E-state index is 0.146. The number of nitrogens with one attached hydrogen (secondary N) is 2. The highest BCUT2D eigenvalue weighted by molar-refractivity contribution is 5.77. The number of carbonyl (C=O) groups is 2. The fourth-order valence-electron chi connectivity index (χ4n) is 5.09. The summed E-state index contributed by atoms with van der Waals surface area (Å²) in [4.78, 5) is 33.5. The van der Waals surface area contributed by atoms with Gasteiger partial charge < -0.3 is 19.5 Å². The van der Waals surface area contributed by atoms with Crippen molar-refractivity contribution in [3.05, 3.63) is 49.2 Å². The smallest absolute Gasteiger partial charge is 0.410 e. The first-order valence-corrected chi connectivity index (χ1v) is 15.0. The number of carboxylic acids is 1. The SMILES string of the molecule is CC(C)(C)OC(=O)N1CCC(CCn2cc(NN3NN(c4ccc(OCCCCC(=O)O)cc4)c4ncncc43)cn2)CC1. The highest BCUT2D eigenvalue weighted by Gasteiger charge is 2.30. The van der Waals surface area contributed by atoms with Gasteiger partial charge in [-0.15, -0.1) is 5.53 Å². The number of piperidine rings is 1. The molecule has 3 aromatic rings. The number of hydrazine groups is 3. The molecule has 2 aliphatic heterocycles. The number of rotatable bonds is 12. The highest BCUT2D eigenvalue weighted by atomic mass is 16.6. The first-order valence-electron chi connectivity index (χ1n) is 15.0. The summed E-state index contributed by atoms with van der Waals surface area (Å²) in [5, 5.41) is 16.9. The average Bonchev–Trinajstić information content (AvgIpc) is 3.60. The number of carboxylic acid groups (broad SMARTS) is 1. The molecule has 1 fully saturated rings. The van der Waals surface area contributed by atoms with Gasteiger partial charge in [0, 0.05) is 32.3 Å². The first kappa shape index (κ1) is 30.9. The Hall–Kier alpha value is -4.59. The molecule has 236 valence electrons. The van der Waals surface area contributed by atoms with E-state index in [4.69, 9.17) is 14.6 Å². The molecule has 0 bridgehead atoms. The number of aryl methyl sites for hydroxylation is 1. The van der Waals surface area contributed by atoms with Crippen molar-refractivity contribution in [1.82, 2.24) is 30.2 Å². The van der Waals surface area contributed by atoms with E-state index in [9.17, 15) is 9.59 Å². The number of aliphatic carboxylic acids is 1. The molecule has 0 atom stereocenters. The van der Waals surface area contributed by atoms with E-state index in [0.29, 0.717) is 50.0 Å². The number of carbonyl (C=O) groups excluding carboxylic acids is 1. The first-order chi connectivity index (χ1) is 21.1. The molecule has 0 aliphatic carbocycles. The lowest BCUT2D eigenvalue weighted by Gasteiger charge is -2.33. The van der Waals surface area contributed by atoms with Crippen LogP contribution in [-0.4, -0.2) is 67.1 Å². The fourth-order valence-corrected chi connectivity index (χ4v) is 5.09. The number of hydrogen-bond donors (Lipinski definition) is 3. The molecule has 14 heteroatoms. The third-order valence-corrected chi connectivity index (χ3v) is 7.38. The summed E-state index contributed by atoms with van der Waals surface area (Å²) >= 11 is 0. The molecule has 4 heterocycles. The van der Waals surface area contributed by atoms with Crippen molar-refractivity contribution >= 4 is 34.9 Å². The van der Waals surface area contributed by atoms with Gasteiger partial charge in [-0.25, -0.2) is 19.8 Å². The minimum atomic E-state index is -0.792. The number of anilines is 4. The van der Waals surface area contributed by atoms with E-state index in [2.05, 4.69) is 26.0 Å². The van der Waals surface area contributed by atoms with Crippen molar-refractivity contribution in [2.45, 2.75) is 71.4 Å². The van der Waals surface area contributed by atoms with E-state index in [-0.39, 0.29) is 12.5 Å². The summed E-state index contributed by atoms with van der Waals surface area (Å²) in [5.41, 5.74) is 8.57. The molecule has 2 aromatic heterocycles. The summed E-state index contributed by atoms with van der Waals surface area (Å²) in [5.74, 6) is 1.13. The zero-order valence-electron chi connectivity index (χ0n) is 25.5. The van der Waals surface area contributed by atoms with Crippen molar-refractivity contribution in [2.75, 3.05) is 35.2 Å². The lowest BCUT2D eigenvalue weighted by Crippen LogP contribution is -2.45. The van der Waals surface area contributed by atoms with Crippen LogP contribution in [0.4, 0.5) is 27.7 Å². The van der Waals surface area contributed by atoms with E-state index >= 15 is 0 Å². The third kappa shape index (κ3) is 8.28. The van der Waals surface area contributed by atoms with Gasteiger partial charge in [0.15, 0.2) is 5.82 Å². The number of aromatic nitrogens is 4. The molecular formula is C30H41N9O5. The number of hydrogen-bond acceptors (Lipinski definition) is 11. The number of benzene rings is 1. The second-order valence-electron chi connectivity index (χ2n) is 12.0. The van der Waals surface area contributed by atoms with E-state index in [0.717, 1.165) is 42.9 Å². The van der Waals surface area contributed by atoms with Crippen LogP contribution in [-0.2, 0) is 16.1 Å². The Morgan fingerprint density at radius 3 is 2.61 bits per heavy atom. The molecule has 0 unspecified atom stereocenters. The van der Waals surface area contributed by atoms with Gasteiger partial charge in [-0.3, -0.25) is 14.9 Å². The summed E-state index contributed by atoms with van der Waals surface area (Å²) < 4.78 is 13.2. The van der Waals surface area contributed by atoms with Gasteiger partial charge in [-0.1, -0.05) is 0 Å². The van der Waals surface area contributed by atoms with Gasteiger partial charge in [-0.05, 0) is 83.1 Å². The zero-order chi connectivity index (χ0) is 31.1. The largest absolute Gasteiger partial charge is 0.494 e. The molecule has 0 spiro atoms. The maximum atomic E-state index is 12.3. The summed E-state index contributed by atoms with van der Waals surface area (Å²) in [6, 6.07) is 7.59. The number of amides is 1. The Labute approximate surface area is 256 Å². The van der Waals surface area contributed by atoms with Crippen LogP contribution in [0.2, 0.25) is 0 Å². The maximum absolute atomic E-state index is 12.3. The molecule has 2 aliphatic rings. The standard InChI is InChI=1S/C30H41N9O5/c1-30(2,3)44-29(42)36-14-11-22(12-15-36)13-16-37-20-23(18-33-37)34-39-26-19-31-21-32-28(26)38(35-39)24-7-9-25(10-8-24)43-17-5-4-6-27(40)41/h7-10,18-22,34-35H,4-6,11-17H2,1-3H3,(H,40,41). The fraction of sp³-hybridized carbons (Fsp3) is 0.500. The average molecular weight is 608 g/mol. The van der Waals surface area contributed by atoms with Crippen LogP contribution in [0.5, 0.6) is 5.75 Å². The third-order valence-electron chi connectivity index (χ3n) is 7.38. The molecule has 1 amide bonds. The van der Waals surface area contributed by atoms with Crippen molar-refractivity contribution in [1.29, 1.82) is 0 Å². The van der Waals surface area contributed by atoms with Gasteiger partial charge in [0.05, 0.1) is 30.4 Å². The molecule has 44 heavy (non-hydrogen) atoms. The number of ether oxygens (including phenoxy) is 2. The zero-order valence-corrected chi connectivity index (χ0v) is 25.5. The Balaban J connectivity index is 1.11. The molecule has 5 rings (SSSR count). The second kappa shape index (κ2) is 13.8. The van der Waals surface area contributed by atoms with Crippen molar-refractivity contribution in [3.63, 3.8) is 0 Å². The number of unbranched alkanes of at least 4 members (excludes halogenated alkanes) is 1. The molecule has 14 nitrogen and oxygen atoms in total. The van der Waals surface area contributed by atoms with Gasteiger partial charge in [0.25, 0.3) is 0 Å². The van der Waals surface area contributed by atoms with Crippen LogP contribution in [0.15, 0.2) is 49.2 Å². The summed E-state index contributed by atoms with van der Waals surface area (Å²) in [6.45, 7) is 8.35. The van der Waals surface area contributed by atoms with Gasteiger partial charge in [0.2, 0.25) is 0 Å². The second-order valence-corrected chi connectivity index (χ2v) is 12.0.